The van der Waals surface area contributed by atoms with E-state index in [4.69, 9.17) is 11.6 Å². The number of benzene rings is 1. The third-order valence-corrected chi connectivity index (χ3v) is 6.17. The van der Waals surface area contributed by atoms with Crippen molar-refractivity contribution in [1.29, 1.82) is 0 Å². The number of nitrogens with zero attached hydrogens (tertiary/aromatic N) is 5. The Kier molecular flexibility index (Phi) is 5.86. The summed E-state index contributed by atoms with van der Waals surface area (Å²) < 4.78 is 30.2. The second kappa shape index (κ2) is 8.98. The fourth-order valence-corrected chi connectivity index (χ4v) is 4.54. The monoisotopic (exact) mass is 486 g/mol. The van der Waals surface area contributed by atoms with Gasteiger partial charge in [-0.15, -0.1) is 0 Å². The Labute approximate surface area is 198 Å². The van der Waals surface area contributed by atoms with Crippen LogP contribution in [0.5, 0.6) is 0 Å². The normalized spacial score (nSPS) is 18.2. The Morgan fingerprint density at radius 2 is 2.03 bits per heavy atom. The van der Waals surface area contributed by atoms with Crippen LogP contribution < -0.4 is 10.6 Å². The van der Waals surface area contributed by atoms with Crippen molar-refractivity contribution >= 4 is 34.2 Å². The molecular formula is C22H21ClF2N8O. The number of hydrogen-bond donors (Lipinski definition) is 3. The van der Waals surface area contributed by atoms with Crippen LogP contribution in [0, 0.1) is 11.6 Å². The minimum Gasteiger partial charge on any atom is -0.365 e. The lowest BCUT2D eigenvalue weighted by atomic mass is 9.91. The van der Waals surface area contributed by atoms with Gasteiger partial charge in [-0.1, -0.05) is 11.6 Å². The maximum Gasteiger partial charge on any atom is 0.289 e. The van der Waals surface area contributed by atoms with E-state index < -0.39 is 11.6 Å². The van der Waals surface area contributed by atoms with Crippen molar-refractivity contribution in [2.75, 3.05) is 5.32 Å². The highest BCUT2D eigenvalue weighted by atomic mass is 35.5. The second-order valence-electron chi connectivity index (χ2n) is 8.29. The first-order valence-electron chi connectivity index (χ1n) is 10.8. The topological polar surface area (TPSA) is 113 Å². The van der Waals surface area contributed by atoms with E-state index in [0.29, 0.717) is 17.4 Å². The number of carbonyl (C=O) groups is 1. The number of rotatable bonds is 5. The van der Waals surface area contributed by atoms with Crippen molar-refractivity contribution in [1.82, 2.24) is 35.0 Å². The molecule has 34 heavy (non-hydrogen) atoms. The molecule has 2 atom stereocenters. The molecule has 1 unspecified atom stereocenters. The molecule has 1 aliphatic carbocycles. The highest BCUT2D eigenvalue weighted by Gasteiger charge is 2.26. The van der Waals surface area contributed by atoms with E-state index in [1.807, 2.05) is 0 Å². The number of amides is 1. The zero-order chi connectivity index (χ0) is 23.8. The number of nitrogens with one attached hydrogen (secondary N) is 3. The number of aromatic nitrogens is 6. The summed E-state index contributed by atoms with van der Waals surface area (Å²) in [5.74, 6) is -0.876. The molecule has 1 amide bonds. The van der Waals surface area contributed by atoms with E-state index in [9.17, 15) is 13.6 Å². The molecule has 1 aromatic carbocycles. The molecule has 12 heteroatoms. The molecule has 0 saturated heterocycles. The summed E-state index contributed by atoms with van der Waals surface area (Å²) in [6.45, 7) is 0. The van der Waals surface area contributed by atoms with Gasteiger partial charge in [0.2, 0.25) is 5.82 Å². The Balaban J connectivity index is 1.33. The van der Waals surface area contributed by atoms with Crippen molar-refractivity contribution in [3.63, 3.8) is 0 Å². The van der Waals surface area contributed by atoms with Gasteiger partial charge in [-0.3, -0.25) is 4.79 Å². The van der Waals surface area contributed by atoms with Crippen LogP contribution in [0.3, 0.4) is 0 Å². The van der Waals surface area contributed by atoms with Gasteiger partial charge in [-0.25, -0.2) is 28.4 Å². The molecular weight excluding hydrogens is 466 g/mol. The van der Waals surface area contributed by atoms with Crippen LogP contribution in [0.1, 0.15) is 36.3 Å². The maximum absolute atomic E-state index is 14.6. The minimum absolute atomic E-state index is 0.0483. The van der Waals surface area contributed by atoms with E-state index in [2.05, 4.69) is 35.7 Å². The van der Waals surface area contributed by atoms with E-state index in [1.54, 1.807) is 19.3 Å². The van der Waals surface area contributed by atoms with Crippen molar-refractivity contribution in [3.05, 3.63) is 53.3 Å². The first-order chi connectivity index (χ1) is 16.4. The van der Waals surface area contributed by atoms with Crippen LogP contribution in [0.15, 0.2) is 30.9 Å². The van der Waals surface area contributed by atoms with Crippen LogP contribution >= 0.6 is 11.6 Å². The fourth-order valence-electron chi connectivity index (χ4n) is 4.33. The Morgan fingerprint density at radius 1 is 1.21 bits per heavy atom. The van der Waals surface area contributed by atoms with Crippen LogP contribution in [-0.2, 0) is 7.05 Å². The van der Waals surface area contributed by atoms with Crippen LogP contribution in [0.4, 0.5) is 14.6 Å². The van der Waals surface area contributed by atoms with Crippen molar-refractivity contribution < 1.29 is 13.6 Å². The molecule has 3 N–H and O–H groups in total. The summed E-state index contributed by atoms with van der Waals surface area (Å²) in [5.41, 5.74) is 0.785. The molecule has 0 radical (unpaired) electrons. The molecule has 0 spiro atoms. The lowest BCUT2D eigenvalue weighted by Gasteiger charge is -2.30. The standard InChI is InChI=1S/C22H21ClF2N8O/c1-33-21(28-10-29-33)22(34)31-13-4-2-3-12(7-13)30-20-17(25)9-27-19(32-20)15-8-26-18-14(15)5-11(23)6-16(18)24/h5-6,8-10,12-13,26H,2-4,7H2,1H3,(H,31,34)(H,27,30,32)/t12?,13-/m1/s1. The molecule has 0 bridgehead atoms. The molecule has 1 aliphatic rings. The Bertz CT molecular complexity index is 1370. The van der Waals surface area contributed by atoms with Crippen molar-refractivity contribution in [2.45, 2.75) is 37.8 Å². The predicted molar refractivity (Wildman–Crippen MR) is 122 cm³/mol. The van der Waals surface area contributed by atoms with Gasteiger partial charge in [-0.2, -0.15) is 5.10 Å². The van der Waals surface area contributed by atoms with Gasteiger partial charge >= 0.3 is 0 Å². The van der Waals surface area contributed by atoms with Gasteiger partial charge < -0.3 is 15.6 Å². The van der Waals surface area contributed by atoms with E-state index in [1.165, 1.54) is 17.1 Å². The van der Waals surface area contributed by atoms with E-state index in [-0.39, 0.29) is 46.0 Å². The Morgan fingerprint density at radius 3 is 2.82 bits per heavy atom. The molecule has 3 aromatic heterocycles. The number of halogens is 3. The number of carbonyl (C=O) groups excluding carboxylic acids is 1. The summed E-state index contributed by atoms with van der Waals surface area (Å²) >= 11 is 6.01. The van der Waals surface area contributed by atoms with Gasteiger partial charge in [0.25, 0.3) is 5.91 Å². The molecule has 4 aromatic rings. The Hall–Kier alpha value is -3.60. The number of hydrogen-bond acceptors (Lipinski definition) is 6. The highest BCUT2D eigenvalue weighted by molar-refractivity contribution is 6.31. The van der Waals surface area contributed by atoms with Crippen LogP contribution in [-0.4, -0.2) is 47.7 Å². The molecule has 176 valence electrons. The highest BCUT2D eigenvalue weighted by Crippen LogP contribution is 2.31. The maximum atomic E-state index is 14.6. The van der Waals surface area contributed by atoms with Crippen LogP contribution in [0.25, 0.3) is 22.3 Å². The molecule has 1 fully saturated rings. The summed E-state index contributed by atoms with van der Waals surface area (Å²) in [7, 11) is 1.65. The fraction of sp³-hybridized carbons (Fsp3) is 0.318. The lowest BCUT2D eigenvalue weighted by molar-refractivity contribution is 0.0911. The molecule has 0 aliphatic heterocycles. The molecule has 9 nitrogen and oxygen atoms in total. The number of fused-ring (bicyclic) bond motifs is 1. The summed E-state index contributed by atoms with van der Waals surface area (Å²) in [6.07, 6.45) is 7.02. The van der Waals surface area contributed by atoms with Gasteiger partial charge in [0.1, 0.15) is 12.1 Å². The summed E-state index contributed by atoms with van der Waals surface area (Å²) in [5, 5.41) is 10.8. The zero-order valence-electron chi connectivity index (χ0n) is 18.1. The first kappa shape index (κ1) is 22.2. The minimum atomic E-state index is -0.599. The number of anilines is 1. The third-order valence-electron chi connectivity index (χ3n) is 5.96. The average Bonchev–Trinajstić information content (AvgIpc) is 3.42. The zero-order valence-corrected chi connectivity index (χ0v) is 18.9. The first-order valence-corrected chi connectivity index (χ1v) is 11.2. The van der Waals surface area contributed by atoms with Gasteiger partial charge in [0.05, 0.1) is 11.7 Å². The molecule has 5 rings (SSSR count). The number of aromatic amines is 1. The van der Waals surface area contributed by atoms with E-state index >= 15 is 0 Å². The largest absolute Gasteiger partial charge is 0.365 e. The third kappa shape index (κ3) is 4.30. The van der Waals surface area contributed by atoms with Crippen LogP contribution in [0.2, 0.25) is 5.02 Å². The average molecular weight is 487 g/mol. The summed E-state index contributed by atoms with van der Waals surface area (Å²) in [4.78, 5) is 27.8. The SMILES string of the molecule is Cn1ncnc1C(=O)N[C@@H]1CCCC(Nc2nc(-c3c[nH]c4c(F)cc(Cl)cc34)ncc2F)C1. The molecule has 3 heterocycles. The second-order valence-corrected chi connectivity index (χ2v) is 8.72. The number of aryl methyl sites for hydroxylation is 1. The summed E-state index contributed by atoms with van der Waals surface area (Å²) in [6, 6.07) is 2.62. The van der Waals surface area contributed by atoms with Gasteiger partial charge in [0, 0.05) is 41.3 Å². The van der Waals surface area contributed by atoms with Gasteiger partial charge in [0.15, 0.2) is 17.5 Å². The smallest absolute Gasteiger partial charge is 0.289 e. The predicted octanol–water partition coefficient (Wildman–Crippen LogP) is 3.84. The lowest BCUT2D eigenvalue weighted by Crippen LogP contribution is -2.42. The van der Waals surface area contributed by atoms with Crippen molar-refractivity contribution in [2.24, 2.45) is 7.05 Å². The number of H-pyrrole nitrogens is 1. The quantitative estimate of drug-likeness (QED) is 0.395. The van der Waals surface area contributed by atoms with Gasteiger partial charge in [-0.05, 0) is 37.8 Å². The van der Waals surface area contributed by atoms with Crippen molar-refractivity contribution in [3.8, 4) is 11.4 Å². The molecule has 1 saturated carbocycles. The van der Waals surface area contributed by atoms with E-state index in [0.717, 1.165) is 25.5 Å².